The van der Waals surface area contributed by atoms with Crippen molar-refractivity contribution in [2.24, 2.45) is 10.8 Å². The van der Waals surface area contributed by atoms with Gasteiger partial charge in [-0.05, 0) is 0 Å². The summed E-state index contributed by atoms with van der Waals surface area (Å²) < 4.78 is 0. The summed E-state index contributed by atoms with van der Waals surface area (Å²) in [6, 6.07) is 0. The number of hydrogen-bond donors (Lipinski definition) is 2. The lowest BCUT2D eigenvalue weighted by Gasteiger charge is -2.12. The van der Waals surface area contributed by atoms with Gasteiger partial charge >= 0.3 is 0 Å². The van der Waals surface area contributed by atoms with Crippen LogP contribution in [0, 0.1) is 0 Å². The molecule has 0 aromatic heterocycles. The van der Waals surface area contributed by atoms with Crippen LogP contribution in [0.25, 0.3) is 0 Å². The summed E-state index contributed by atoms with van der Waals surface area (Å²) in [5, 5.41) is 1.31. The topological polar surface area (TPSA) is 53.6 Å². The first-order valence-corrected chi connectivity index (χ1v) is 1.88. The van der Waals surface area contributed by atoms with Gasteiger partial charge < -0.3 is 0 Å². The molecule has 0 fully saturated rings. The summed E-state index contributed by atoms with van der Waals surface area (Å²) in [4.78, 5) is 3.69. The molecule has 0 aromatic carbocycles. The summed E-state index contributed by atoms with van der Waals surface area (Å²) in [6.07, 6.45) is 4.70. The molecule has 0 bridgehead atoms. The highest BCUT2D eigenvalue weighted by molar-refractivity contribution is 5.55. The van der Waals surface area contributed by atoms with Crippen LogP contribution < -0.4 is 11.3 Å². The zero-order valence-electron chi connectivity index (χ0n) is 3.70. The Bertz CT molecular complexity index is 106. The summed E-state index contributed by atoms with van der Waals surface area (Å²) in [5.41, 5.74) is 2.61. The lowest BCUT2D eigenvalue weighted by atomic mass is 10.9. The highest BCUT2D eigenvalue weighted by Gasteiger charge is 1.84. The molecule has 38 valence electrons. The van der Waals surface area contributed by atoms with Crippen LogP contribution in [0.2, 0.25) is 0 Å². The summed E-state index contributed by atoms with van der Waals surface area (Å²) in [7, 11) is 0. The van der Waals surface area contributed by atoms with Gasteiger partial charge in [-0.2, -0.15) is 0 Å². The molecule has 1 aliphatic rings. The molecule has 1 rings (SSSR count). The molecule has 0 aromatic rings. The Balaban J connectivity index is 2.49. The molecule has 0 unspecified atom stereocenters. The van der Waals surface area contributed by atoms with Crippen molar-refractivity contribution in [3.8, 4) is 0 Å². The van der Waals surface area contributed by atoms with Gasteiger partial charge in [-0.1, -0.05) is 0 Å². The zero-order chi connectivity index (χ0) is 5.11. The molecule has 0 amide bonds. The summed E-state index contributed by atoms with van der Waals surface area (Å²) in [5.74, 6) is 5.18. The Morgan fingerprint density at radius 1 is 1.71 bits per heavy atom. The van der Waals surface area contributed by atoms with Crippen molar-refractivity contribution in [3.05, 3.63) is 12.4 Å². The normalized spacial score (nSPS) is 17.0. The van der Waals surface area contributed by atoms with E-state index in [4.69, 9.17) is 5.84 Å². The quantitative estimate of drug-likeness (QED) is 0.389. The molecule has 0 saturated heterocycles. The fourth-order valence-corrected chi connectivity index (χ4v) is 0.296. The van der Waals surface area contributed by atoms with Crippen LogP contribution in [-0.2, 0) is 0 Å². The maximum absolute atomic E-state index is 5.18. The molecule has 3 N–H and O–H groups in total. The van der Waals surface area contributed by atoms with Crippen LogP contribution in [0.15, 0.2) is 17.4 Å². The van der Waals surface area contributed by atoms with E-state index in [2.05, 4.69) is 10.4 Å². The molecule has 1 aliphatic heterocycles. The van der Waals surface area contributed by atoms with Gasteiger partial charge in [0.25, 0.3) is 0 Å². The SMILES string of the molecule is NN1C=CN=CN1. The minimum absolute atomic E-state index is 1.31. The van der Waals surface area contributed by atoms with Crippen molar-refractivity contribution >= 4 is 6.34 Å². The number of hydrogen-bond acceptors (Lipinski definition) is 4. The second-order valence-corrected chi connectivity index (χ2v) is 1.11. The van der Waals surface area contributed by atoms with E-state index in [-0.39, 0.29) is 0 Å². The zero-order valence-corrected chi connectivity index (χ0v) is 3.70. The van der Waals surface area contributed by atoms with Gasteiger partial charge in [0.05, 0.1) is 6.20 Å². The Morgan fingerprint density at radius 3 is 2.86 bits per heavy atom. The maximum Gasteiger partial charge on any atom is 0.108 e. The highest BCUT2D eigenvalue weighted by atomic mass is 15.7. The molecule has 7 heavy (non-hydrogen) atoms. The van der Waals surface area contributed by atoms with E-state index in [9.17, 15) is 0 Å². The van der Waals surface area contributed by atoms with Gasteiger partial charge in [0.1, 0.15) is 6.34 Å². The van der Waals surface area contributed by atoms with Crippen LogP contribution in [0.5, 0.6) is 0 Å². The molecule has 0 atom stereocenters. The molecule has 0 saturated carbocycles. The highest BCUT2D eigenvalue weighted by Crippen LogP contribution is 1.78. The van der Waals surface area contributed by atoms with Crippen LogP contribution in [-0.4, -0.2) is 11.5 Å². The van der Waals surface area contributed by atoms with Gasteiger partial charge in [0.15, 0.2) is 0 Å². The van der Waals surface area contributed by atoms with E-state index in [0.717, 1.165) is 0 Å². The first kappa shape index (κ1) is 4.14. The predicted octanol–water partition coefficient (Wildman–Crippen LogP) is -0.820. The van der Waals surface area contributed by atoms with Crippen LogP contribution in [0.1, 0.15) is 0 Å². The Hall–Kier alpha value is -1.03. The molecule has 4 nitrogen and oxygen atoms in total. The first-order valence-electron chi connectivity index (χ1n) is 1.88. The van der Waals surface area contributed by atoms with Crippen LogP contribution in [0.4, 0.5) is 0 Å². The Kier molecular flexibility index (Phi) is 0.953. The van der Waals surface area contributed by atoms with Crippen molar-refractivity contribution in [2.75, 3.05) is 0 Å². The van der Waals surface area contributed by atoms with Crippen molar-refractivity contribution in [1.29, 1.82) is 0 Å². The van der Waals surface area contributed by atoms with E-state index in [1.54, 1.807) is 12.4 Å². The summed E-state index contributed by atoms with van der Waals surface area (Å²) in [6.45, 7) is 0. The molecular formula is C3H6N4. The van der Waals surface area contributed by atoms with Gasteiger partial charge in [-0.3, -0.25) is 5.43 Å². The average Bonchev–Trinajstić information content (AvgIpc) is 1.69. The standard InChI is InChI=1S/C3H6N4/c4-7-2-1-5-3-6-7/h1-3H,4H2,(H,5,6). The van der Waals surface area contributed by atoms with Gasteiger partial charge in [0, 0.05) is 6.20 Å². The molecule has 0 aliphatic carbocycles. The van der Waals surface area contributed by atoms with Crippen molar-refractivity contribution in [3.63, 3.8) is 0 Å². The third-order valence-corrected chi connectivity index (χ3v) is 0.595. The molecule has 4 heteroatoms. The number of aliphatic imine (C=N–C) groups is 1. The van der Waals surface area contributed by atoms with E-state index < -0.39 is 0 Å². The predicted molar refractivity (Wildman–Crippen MR) is 26.8 cm³/mol. The third kappa shape index (κ3) is 0.902. The van der Waals surface area contributed by atoms with Crippen LogP contribution >= 0.6 is 0 Å². The maximum atomic E-state index is 5.18. The number of nitrogens with two attached hydrogens (primary N) is 1. The minimum atomic E-state index is 1.31. The van der Waals surface area contributed by atoms with E-state index >= 15 is 0 Å². The van der Waals surface area contributed by atoms with Gasteiger partial charge in [-0.25, -0.2) is 16.0 Å². The second kappa shape index (κ2) is 1.61. The van der Waals surface area contributed by atoms with Crippen molar-refractivity contribution in [2.45, 2.75) is 0 Å². The number of nitrogens with one attached hydrogen (secondary N) is 1. The Labute approximate surface area is 41.3 Å². The molecule has 0 spiro atoms. The molecule has 0 radical (unpaired) electrons. The van der Waals surface area contributed by atoms with Crippen LogP contribution in [0.3, 0.4) is 0 Å². The largest absolute Gasteiger partial charge is 0.274 e. The smallest absolute Gasteiger partial charge is 0.108 e. The third-order valence-electron chi connectivity index (χ3n) is 0.595. The number of hydrazine groups is 2. The fourth-order valence-electron chi connectivity index (χ4n) is 0.296. The lowest BCUT2D eigenvalue weighted by molar-refractivity contribution is 0.348. The molecule has 1 heterocycles. The lowest BCUT2D eigenvalue weighted by Crippen LogP contribution is -2.39. The Morgan fingerprint density at radius 2 is 2.57 bits per heavy atom. The van der Waals surface area contributed by atoms with Gasteiger partial charge in [0.2, 0.25) is 0 Å². The van der Waals surface area contributed by atoms with Crippen molar-refractivity contribution in [1.82, 2.24) is 10.5 Å². The number of rotatable bonds is 0. The van der Waals surface area contributed by atoms with Crippen molar-refractivity contribution < 1.29 is 0 Å². The second-order valence-electron chi connectivity index (χ2n) is 1.11. The summed E-state index contributed by atoms with van der Waals surface area (Å²) >= 11 is 0. The van der Waals surface area contributed by atoms with E-state index in [1.807, 2.05) is 0 Å². The minimum Gasteiger partial charge on any atom is -0.274 e. The van der Waals surface area contributed by atoms with Gasteiger partial charge in [-0.15, -0.1) is 0 Å². The average molecular weight is 98.1 g/mol. The molecular weight excluding hydrogens is 92.1 g/mol. The van der Waals surface area contributed by atoms with E-state index in [0.29, 0.717) is 0 Å². The van der Waals surface area contributed by atoms with E-state index in [1.165, 1.54) is 11.5 Å². The monoisotopic (exact) mass is 98.1 g/mol. The number of nitrogens with zero attached hydrogens (tertiary/aromatic N) is 2. The fraction of sp³-hybridized carbons (Fsp3) is 0. The first-order chi connectivity index (χ1) is 3.39.